The van der Waals surface area contributed by atoms with Crippen molar-refractivity contribution in [2.45, 2.75) is 31.9 Å². The summed E-state index contributed by atoms with van der Waals surface area (Å²) in [6.07, 6.45) is 2.26. The quantitative estimate of drug-likeness (QED) is 0.850. The highest BCUT2D eigenvalue weighted by atomic mass is 19.1. The van der Waals surface area contributed by atoms with Crippen LogP contribution in [0.4, 0.5) is 4.39 Å². The Kier molecular flexibility index (Phi) is 3.26. The van der Waals surface area contributed by atoms with Gasteiger partial charge < -0.3 is 10.1 Å². The molecule has 88 valence electrons. The number of halogens is 1. The maximum absolute atomic E-state index is 13.2. The van der Waals surface area contributed by atoms with Crippen molar-refractivity contribution in [2.24, 2.45) is 0 Å². The number of rotatable bonds is 3. The van der Waals surface area contributed by atoms with Gasteiger partial charge in [0.25, 0.3) is 0 Å². The third-order valence-corrected chi connectivity index (χ3v) is 3.33. The molecule has 1 unspecified atom stereocenters. The van der Waals surface area contributed by atoms with Crippen molar-refractivity contribution in [1.82, 2.24) is 5.32 Å². The molecule has 0 bridgehead atoms. The minimum atomic E-state index is -0.197. The van der Waals surface area contributed by atoms with Gasteiger partial charge in [0.15, 0.2) is 0 Å². The highest BCUT2D eigenvalue weighted by molar-refractivity contribution is 5.34. The largest absolute Gasteiger partial charge is 0.380 e. The smallest absolute Gasteiger partial charge is 0.123 e. The van der Waals surface area contributed by atoms with E-state index in [-0.39, 0.29) is 11.4 Å². The van der Waals surface area contributed by atoms with Crippen LogP contribution >= 0.6 is 0 Å². The first-order chi connectivity index (χ1) is 7.65. The highest BCUT2D eigenvalue weighted by Crippen LogP contribution is 2.33. The third-order valence-electron chi connectivity index (χ3n) is 3.33. The van der Waals surface area contributed by atoms with Gasteiger partial charge in [-0.2, -0.15) is 0 Å². The Balaban J connectivity index is 2.38. The van der Waals surface area contributed by atoms with Crippen molar-refractivity contribution in [3.8, 4) is 0 Å². The van der Waals surface area contributed by atoms with Crippen molar-refractivity contribution in [1.29, 1.82) is 0 Å². The topological polar surface area (TPSA) is 21.3 Å². The van der Waals surface area contributed by atoms with Crippen LogP contribution in [0, 0.1) is 5.82 Å². The van der Waals surface area contributed by atoms with Crippen LogP contribution in [0.1, 0.15) is 30.9 Å². The van der Waals surface area contributed by atoms with E-state index >= 15 is 0 Å². The average Bonchev–Trinajstić information content (AvgIpc) is 2.66. The van der Waals surface area contributed by atoms with Gasteiger partial charge in [-0.05, 0) is 49.6 Å². The second-order valence-corrected chi connectivity index (χ2v) is 4.60. The predicted octanol–water partition coefficient (Wildman–Crippen LogP) is 2.57. The molecule has 1 saturated heterocycles. The maximum atomic E-state index is 13.2. The second-order valence-electron chi connectivity index (χ2n) is 4.60. The van der Waals surface area contributed by atoms with Crippen LogP contribution in [0.2, 0.25) is 0 Å². The molecule has 2 nitrogen and oxygen atoms in total. The van der Waals surface area contributed by atoms with Gasteiger partial charge in [-0.25, -0.2) is 4.39 Å². The van der Waals surface area contributed by atoms with Crippen LogP contribution < -0.4 is 5.32 Å². The second kappa shape index (κ2) is 4.52. The highest BCUT2D eigenvalue weighted by Gasteiger charge is 2.31. The number of methoxy groups -OCH3 is 1. The number of hydrogen-bond acceptors (Lipinski definition) is 2. The Morgan fingerprint density at radius 1 is 1.50 bits per heavy atom. The summed E-state index contributed by atoms with van der Waals surface area (Å²) < 4.78 is 18.3. The van der Waals surface area contributed by atoms with E-state index in [1.54, 1.807) is 13.2 Å². The van der Waals surface area contributed by atoms with Crippen molar-refractivity contribution in [3.05, 3.63) is 35.1 Å². The summed E-state index contributed by atoms with van der Waals surface area (Å²) in [7, 11) is 1.64. The van der Waals surface area contributed by atoms with E-state index in [0.29, 0.717) is 6.61 Å². The van der Waals surface area contributed by atoms with E-state index in [1.165, 1.54) is 12.5 Å². The molecule has 1 aliphatic rings. The first-order valence-corrected chi connectivity index (χ1v) is 5.68. The van der Waals surface area contributed by atoms with Crippen LogP contribution in [-0.4, -0.2) is 13.7 Å². The van der Waals surface area contributed by atoms with Crippen LogP contribution in [0.15, 0.2) is 18.2 Å². The Hall–Kier alpha value is -0.930. The standard InChI is InChI=1S/C13H18FNO/c1-13(6-3-7-15-13)12-5-4-11(14)8-10(12)9-16-2/h4-5,8,15H,3,6-7,9H2,1-2H3. The first kappa shape index (κ1) is 11.6. The summed E-state index contributed by atoms with van der Waals surface area (Å²) in [5, 5.41) is 3.49. The van der Waals surface area contributed by atoms with Crippen molar-refractivity contribution < 1.29 is 9.13 Å². The van der Waals surface area contributed by atoms with Crippen LogP contribution in [0.3, 0.4) is 0 Å². The Bertz CT molecular complexity index is 372. The van der Waals surface area contributed by atoms with Crippen molar-refractivity contribution in [2.75, 3.05) is 13.7 Å². The molecule has 0 aromatic heterocycles. The minimum absolute atomic E-state index is 0.0262. The molecular formula is C13H18FNO. The molecule has 1 fully saturated rings. The van der Waals surface area contributed by atoms with E-state index in [1.807, 2.05) is 6.07 Å². The van der Waals surface area contributed by atoms with E-state index in [9.17, 15) is 4.39 Å². The summed E-state index contributed by atoms with van der Waals surface area (Å²) in [6, 6.07) is 4.98. The average molecular weight is 223 g/mol. The molecule has 1 atom stereocenters. The minimum Gasteiger partial charge on any atom is -0.380 e. The Morgan fingerprint density at radius 3 is 2.94 bits per heavy atom. The SMILES string of the molecule is COCc1cc(F)ccc1C1(C)CCCN1. The van der Waals surface area contributed by atoms with E-state index < -0.39 is 0 Å². The zero-order valence-electron chi connectivity index (χ0n) is 9.85. The molecule has 2 rings (SSSR count). The summed E-state index contributed by atoms with van der Waals surface area (Å²) in [4.78, 5) is 0. The number of benzene rings is 1. The predicted molar refractivity (Wildman–Crippen MR) is 61.7 cm³/mol. The molecule has 0 aliphatic carbocycles. The molecule has 1 aromatic carbocycles. The lowest BCUT2D eigenvalue weighted by molar-refractivity contribution is 0.182. The van der Waals surface area contributed by atoms with Crippen molar-refractivity contribution in [3.63, 3.8) is 0 Å². The summed E-state index contributed by atoms with van der Waals surface area (Å²) in [5.74, 6) is -0.197. The van der Waals surface area contributed by atoms with Gasteiger partial charge in [0, 0.05) is 12.6 Å². The van der Waals surface area contributed by atoms with Crippen LogP contribution in [0.5, 0.6) is 0 Å². The fraction of sp³-hybridized carbons (Fsp3) is 0.538. The zero-order valence-corrected chi connectivity index (χ0v) is 9.85. The molecule has 0 radical (unpaired) electrons. The first-order valence-electron chi connectivity index (χ1n) is 5.68. The maximum Gasteiger partial charge on any atom is 0.123 e. The number of nitrogens with one attached hydrogen (secondary N) is 1. The van der Waals surface area contributed by atoms with Gasteiger partial charge in [0.2, 0.25) is 0 Å². The molecule has 1 N–H and O–H groups in total. The molecule has 1 aromatic rings. The molecule has 1 heterocycles. The fourth-order valence-corrected chi connectivity index (χ4v) is 2.50. The molecule has 1 aliphatic heterocycles. The molecular weight excluding hydrogens is 205 g/mol. The Morgan fingerprint density at radius 2 is 2.31 bits per heavy atom. The van der Waals surface area contributed by atoms with Crippen LogP contribution in [-0.2, 0) is 16.9 Å². The van der Waals surface area contributed by atoms with Gasteiger partial charge in [0.1, 0.15) is 5.82 Å². The van der Waals surface area contributed by atoms with Crippen LogP contribution in [0.25, 0.3) is 0 Å². The van der Waals surface area contributed by atoms with Gasteiger partial charge >= 0.3 is 0 Å². The van der Waals surface area contributed by atoms with Gasteiger partial charge in [-0.15, -0.1) is 0 Å². The lowest BCUT2D eigenvalue weighted by atomic mass is 9.87. The van der Waals surface area contributed by atoms with Crippen molar-refractivity contribution >= 4 is 0 Å². The summed E-state index contributed by atoms with van der Waals surface area (Å²) in [6.45, 7) is 3.66. The molecule has 3 heteroatoms. The summed E-state index contributed by atoms with van der Waals surface area (Å²) >= 11 is 0. The van der Waals surface area contributed by atoms with Gasteiger partial charge in [-0.1, -0.05) is 6.07 Å². The monoisotopic (exact) mass is 223 g/mol. The number of ether oxygens (including phenoxy) is 1. The zero-order chi connectivity index (χ0) is 11.6. The molecule has 0 saturated carbocycles. The van der Waals surface area contributed by atoms with Gasteiger partial charge in [0.05, 0.1) is 6.61 Å². The number of hydrogen-bond donors (Lipinski definition) is 1. The normalized spacial score (nSPS) is 24.9. The molecule has 16 heavy (non-hydrogen) atoms. The third kappa shape index (κ3) is 2.11. The van der Waals surface area contributed by atoms with E-state index in [2.05, 4.69) is 12.2 Å². The van der Waals surface area contributed by atoms with E-state index in [4.69, 9.17) is 4.74 Å². The fourth-order valence-electron chi connectivity index (χ4n) is 2.50. The Labute approximate surface area is 95.8 Å². The molecule has 0 amide bonds. The summed E-state index contributed by atoms with van der Waals surface area (Å²) in [5.41, 5.74) is 2.08. The lowest BCUT2D eigenvalue weighted by Gasteiger charge is -2.27. The lowest BCUT2D eigenvalue weighted by Crippen LogP contribution is -2.34. The van der Waals surface area contributed by atoms with E-state index in [0.717, 1.165) is 24.1 Å². The van der Waals surface area contributed by atoms with Gasteiger partial charge in [-0.3, -0.25) is 0 Å². The molecule has 0 spiro atoms.